The molecule has 0 aromatic carbocycles. The van der Waals surface area contributed by atoms with Gasteiger partial charge in [0.2, 0.25) is 0 Å². The lowest BCUT2D eigenvalue weighted by molar-refractivity contribution is 0.0688. The summed E-state index contributed by atoms with van der Waals surface area (Å²) in [6.07, 6.45) is 4.52. The van der Waals surface area contributed by atoms with Crippen molar-refractivity contribution < 1.29 is 9.90 Å². The molecule has 1 aromatic heterocycles. The Morgan fingerprint density at radius 3 is 2.67 bits per heavy atom. The van der Waals surface area contributed by atoms with Crippen LogP contribution in [0.4, 0.5) is 0 Å². The Bertz CT molecular complexity index is 394. The molecule has 0 radical (unpaired) electrons. The molecule has 5 heteroatoms. The Morgan fingerprint density at radius 1 is 1.53 bits per heavy atom. The summed E-state index contributed by atoms with van der Waals surface area (Å²) < 4.78 is 2.41. The highest BCUT2D eigenvalue weighted by Gasteiger charge is 2.28. The van der Waals surface area contributed by atoms with E-state index in [0.717, 1.165) is 23.0 Å². The minimum absolute atomic E-state index is 0.205. The van der Waals surface area contributed by atoms with Crippen LogP contribution in [0.5, 0.6) is 0 Å². The van der Waals surface area contributed by atoms with Gasteiger partial charge in [-0.05, 0) is 34.7 Å². The molecule has 0 aliphatic heterocycles. The van der Waals surface area contributed by atoms with Gasteiger partial charge in [-0.15, -0.1) is 0 Å². The van der Waals surface area contributed by atoms with Crippen LogP contribution in [0, 0.1) is 0 Å². The highest BCUT2D eigenvalue weighted by atomic mass is 79.9. The Morgan fingerprint density at radius 2 is 2.13 bits per heavy atom. The Labute approximate surface area is 96.4 Å². The number of aromatic nitrogens is 2. The zero-order valence-electron chi connectivity index (χ0n) is 8.53. The Kier molecular flexibility index (Phi) is 2.82. The first-order valence-electron chi connectivity index (χ1n) is 5.07. The molecule has 2 rings (SSSR count). The van der Waals surface area contributed by atoms with E-state index in [-0.39, 0.29) is 5.69 Å². The maximum absolute atomic E-state index is 11.0. The second-order valence-electron chi connectivity index (χ2n) is 3.96. The lowest BCUT2D eigenvalue weighted by Gasteiger charge is -2.08. The molecule has 0 atom stereocenters. The number of nitrogens with zero attached hydrogens (tertiary/aromatic N) is 2. The molecule has 1 fully saturated rings. The predicted molar refractivity (Wildman–Crippen MR) is 59.1 cm³/mol. The fourth-order valence-electron chi connectivity index (χ4n) is 2.25. The van der Waals surface area contributed by atoms with Crippen molar-refractivity contribution in [3.8, 4) is 0 Å². The van der Waals surface area contributed by atoms with E-state index in [9.17, 15) is 4.79 Å². The Hall–Kier alpha value is -0.840. The van der Waals surface area contributed by atoms with E-state index in [1.54, 1.807) is 11.7 Å². The van der Waals surface area contributed by atoms with Crippen molar-refractivity contribution in [3.63, 3.8) is 0 Å². The van der Waals surface area contributed by atoms with Crippen molar-refractivity contribution in [1.82, 2.24) is 9.78 Å². The summed E-state index contributed by atoms with van der Waals surface area (Å²) in [5, 5.41) is 13.1. The summed E-state index contributed by atoms with van der Waals surface area (Å²) in [5.41, 5.74) is 1.08. The van der Waals surface area contributed by atoms with E-state index in [1.165, 1.54) is 12.8 Å². The maximum atomic E-state index is 11.0. The van der Waals surface area contributed by atoms with Crippen LogP contribution >= 0.6 is 15.9 Å². The second kappa shape index (κ2) is 3.96. The summed E-state index contributed by atoms with van der Waals surface area (Å²) in [4.78, 5) is 11.0. The first-order valence-corrected chi connectivity index (χ1v) is 5.86. The summed E-state index contributed by atoms with van der Waals surface area (Å²) >= 11 is 3.42. The third-order valence-electron chi connectivity index (χ3n) is 2.98. The normalized spacial score (nSPS) is 17.2. The van der Waals surface area contributed by atoms with Crippen LogP contribution in [0.25, 0.3) is 0 Å². The molecule has 1 saturated carbocycles. The zero-order valence-corrected chi connectivity index (χ0v) is 10.1. The van der Waals surface area contributed by atoms with Crippen LogP contribution in [-0.2, 0) is 7.05 Å². The van der Waals surface area contributed by atoms with E-state index in [4.69, 9.17) is 5.11 Å². The van der Waals surface area contributed by atoms with Crippen LogP contribution in [0.1, 0.15) is 47.7 Å². The van der Waals surface area contributed by atoms with Crippen LogP contribution in [0.15, 0.2) is 4.60 Å². The van der Waals surface area contributed by atoms with E-state index < -0.39 is 5.97 Å². The number of carboxylic acids is 1. The fraction of sp³-hybridized carbons (Fsp3) is 0.600. The molecule has 82 valence electrons. The summed E-state index contributed by atoms with van der Waals surface area (Å²) in [5.74, 6) is -0.572. The fourth-order valence-corrected chi connectivity index (χ4v) is 2.84. The summed E-state index contributed by atoms with van der Waals surface area (Å²) in [6.45, 7) is 0. The first kappa shape index (κ1) is 10.7. The maximum Gasteiger partial charge on any atom is 0.356 e. The molecule has 1 aromatic rings. The Balaban J connectivity index is 2.46. The molecular weight excluding hydrogens is 260 g/mol. The van der Waals surface area contributed by atoms with Gasteiger partial charge in [-0.3, -0.25) is 4.68 Å². The SMILES string of the molecule is Cn1nc(C(=O)O)c(C2CCCC2)c1Br. The van der Waals surface area contributed by atoms with Gasteiger partial charge in [0, 0.05) is 12.6 Å². The van der Waals surface area contributed by atoms with Crippen LogP contribution in [-0.4, -0.2) is 20.9 Å². The molecule has 0 amide bonds. The van der Waals surface area contributed by atoms with E-state index in [1.807, 2.05) is 0 Å². The standard InChI is InChI=1S/C10H13BrN2O2/c1-13-9(11)7(6-4-2-3-5-6)8(12-13)10(14)15/h6H,2-5H2,1H3,(H,14,15). The minimum Gasteiger partial charge on any atom is -0.476 e. The van der Waals surface area contributed by atoms with Crippen LogP contribution in [0.2, 0.25) is 0 Å². The summed E-state index contributed by atoms with van der Waals surface area (Å²) in [6, 6.07) is 0. The largest absolute Gasteiger partial charge is 0.476 e. The van der Waals surface area contributed by atoms with Crippen molar-refractivity contribution in [2.24, 2.45) is 7.05 Å². The third-order valence-corrected chi connectivity index (χ3v) is 3.92. The lowest BCUT2D eigenvalue weighted by atomic mass is 9.98. The summed E-state index contributed by atoms with van der Waals surface area (Å²) in [7, 11) is 1.76. The number of carboxylic acid groups (broad SMARTS) is 1. The highest BCUT2D eigenvalue weighted by molar-refractivity contribution is 9.10. The molecule has 1 aliphatic carbocycles. The average Bonchev–Trinajstić information content (AvgIpc) is 2.76. The van der Waals surface area contributed by atoms with Gasteiger partial charge in [0.1, 0.15) is 4.60 Å². The van der Waals surface area contributed by atoms with Crippen molar-refractivity contribution in [3.05, 3.63) is 15.9 Å². The first-order chi connectivity index (χ1) is 7.11. The van der Waals surface area contributed by atoms with Gasteiger partial charge < -0.3 is 5.11 Å². The number of aromatic carboxylic acids is 1. The monoisotopic (exact) mass is 272 g/mol. The average molecular weight is 273 g/mol. The molecule has 0 unspecified atom stereocenters. The number of hydrogen-bond acceptors (Lipinski definition) is 2. The van der Waals surface area contributed by atoms with Gasteiger partial charge in [-0.1, -0.05) is 12.8 Å². The number of hydrogen-bond donors (Lipinski definition) is 1. The minimum atomic E-state index is -0.932. The lowest BCUT2D eigenvalue weighted by Crippen LogP contribution is -2.04. The molecule has 0 spiro atoms. The molecule has 4 nitrogen and oxygen atoms in total. The zero-order chi connectivity index (χ0) is 11.0. The smallest absolute Gasteiger partial charge is 0.356 e. The van der Waals surface area contributed by atoms with Crippen LogP contribution < -0.4 is 0 Å². The van der Waals surface area contributed by atoms with Crippen molar-refractivity contribution in [2.75, 3.05) is 0 Å². The van der Waals surface area contributed by atoms with Gasteiger partial charge in [0.15, 0.2) is 5.69 Å². The van der Waals surface area contributed by atoms with Crippen molar-refractivity contribution in [1.29, 1.82) is 0 Å². The third kappa shape index (κ3) is 1.80. The number of aryl methyl sites for hydroxylation is 1. The molecular formula is C10H13BrN2O2. The second-order valence-corrected chi connectivity index (χ2v) is 4.71. The van der Waals surface area contributed by atoms with Crippen molar-refractivity contribution in [2.45, 2.75) is 31.6 Å². The van der Waals surface area contributed by atoms with Gasteiger partial charge in [-0.25, -0.2) is 4.79 Å². The van der Waals surface area contributed by atoms with Gasteiger partial charge in [0.05, 0.1) is 0 Å². The molecule has 1 N–H and O–H groups in total. The van der Waals surface area contributed by atoms with Gasteiger partial charge in [-0.2, -0.15) is 5.10 Å². The number of carbonyl (C=O) groups is 1. The molecule has 15 heavy (non-hydrogen) atoms. The van der Waals surface area contributed by atoms with Gasteiger partial charge >= 0.3 is 5.97 Å². The van der Waals surface area contributed by atoms with E-state index >= 15 is 0 Å². The van der Waals surface area contributed by atoms with Crippen LogP contribution in [0.3, 0.4) is 0 Å². The topological polar surface area (TPSA) is 55.1 Å². The molecule has 0 bridgehead atoms. The number of halogens is 1. The highest BCUT2D eigenvalue weighted by Crippen LogP contribution is 2.39. The number of rotatable bonds is 2. The molecule has 0 saturated heterocycles. The van der Waals surface area contributed by atoms with Crippen molar-refractivity contribution >= 4 is 21.9 Å². The van der Waals surface area contributed by atoms with E-state index in [2.05, 4.69) is 21.0 Å². The molecule has 1 aliphatic rings. The van der Waals surface area contributed by atoms with Gasteiger partial charge in [0.25, 0.3) is 0 Å². The molecule has 1 heterocycles. The predicted octanol–water partition coefficient (Wildman–Crippen LogP) is 2.54. The quantitative estimate of drug-likeness (QED) is 0.900. The van der Waals surface area contributed by atoms with E-state index in [0.29, 0.717) is 5.92 Å².